The molecule has 0 aliphatic carbocycles. The molecule has 0 spiro atoms. The molecule has 0 unspecified atom stereocenters. The number of nitriles is 1. The van der Waals surface area contributed by atoms with Gasteiger partial charge in [-0.05, 0) is 36.4 Å². The van der Waals surface area contributed by atoms with E-state index in [9.17, 15) is 14.0 Å². The molecule has 0 fully saturated rings. The third-order valence-corrected chi connectivity index (χ3v) is 3.82. The molecular weight excluding hydrogens is 332 g/mol. The Balaban J connectivity index is 1.77. The summed E-state index contributed by atoms with van der Waals surface area (Å²) in [7, 11) is 0. The van der Waals surface area contributed by atoms with Crippen LogP contribution in [-0.2, 0) is 0 Å². The minimum Gasteiger partial charge on any atom is -0.336 e. The molecule has 2 aromatic carbocycles. The highest BCUT2D eigenvalue weighted by Crippen LogP contribution is 2.26. The predicted molar refractivity (Wildman–Crippen MR) is 90.2 cm³/mol. The first-order chi connectivity index (χ1) is 11.7. The zero-order chi connectivity index (χ0) is 16.9. The summed E-state index contributed by atoms with van der Waals surface area (Å²) in [5, 5.41) is 13.3. The summed E-state index contributed by atoms with van der Waals surface area (Å²) in [6.07, 6.45) is 0. The molecule has 0 saturated heterocycles. The molecule has 3 rings (SSSR count). The van der Waals surface area contributed by atoms with E-state index in [0.717, 1.165) is 11.0 Å². The topological polar surface area (TPSA) is 76.9 Å². The molecule has 5 nitrogen and oxygen atoms in total. The van der Waals surface area contributed by atoms with Gasteiger partial charge in [-0.1, -0.05) is 23.9 Å². The standard InChI is InChI=1S/C16H11F2N5S/c17-16(18)24-11-7-5-10(6-8-11)22-23-14(9-19)15-20-12-3-1-2-4-13(12)21-15/h1-8,16,22H,(H,20,21). The van der Waals surface area contributed by atoms with Crippen molar-refractivity contribution < 1.29 is 8.78 Å². The quantitative estimate of drug-likeness (QED) is 0.413. The van der Waals surface area contributed by atoms with E-state index in [4.69, 9.17) is 0 Å². The molecule has 0 amide bonds. The number of para-hydroxylation sites is 2. The number of benzene rings is 2. The lowest BCUT2D eigenvalue weighted by Crippen LogP contribution is -2.03. The summed E-state index contributed by atoms with van der Waals surface area (Å²) in [4.78, 5) is 7.79. The van der Waals surface area contributed by atoms with Gasteiger partial charge in [0.1, 0.15) is 6.07 Å². The van der Waals surface area contributed by atoms with E-state index in [1.807, 2.05) is 30.3 Å². The second-order valence-electron chi connectivity index (χ2n) is 4.69. The van der Waals surface area contributed by atoms with Crippen LogP contribution in [0.3, 0.4) is 0 Å². The van der Waals surface area contributed by atoms with Crippen molar-refractivity contribution in [1.29, 1.82) is 5.26 Å². The van der Waals surface area contributed by atoms with Crippen LogP contribution in [0.15, 0.2) is 58.5 Å². The maximum Gasteiger partial charge on any atom is 0.288 e. The summed E-state index contributed by atoms with van der Waals surface area (Å²) in [5.41, 5.74) is 4.95. The van der Waals surface area contributed by atoms with Crippen molar-refractivity contribution in [2.45, 2.75) is 10.7 Å². The Labute approximate surface area is 140 Å². The molecule has 0 saturated carbocycles. The summed E-state index contributed by atoms with van der Waals surface area (Å²) < 4.78 is 24.6. The van der Waals surface area contributed by atoms with Crippen LogP contribution >= 0.6 is 11.8 Å². The smallest absolute Gasteiger partial charge is 0.288 e. The fraction of sp³-hybridized carbons (Fsp3) is 0.0625. The maximum atomic E-state index is 12.3. The Morgan fingerprint density at radius 3 is 2.62 bits per heavy atom. The number of anilines is 1. The van der Waals surface area contributed by atoms with Crippen LogP contribution in [0.4, 0.5) is 14.5 Å². The minimum absolute atomic E-state index is 0.0947. The van der Waals surface area contributed by atoms with Gasteiger partial charge in [0.05, 0.1) is 16.7 Å². The molecule has 8 heteroatoms. The number of halogens is 2. The third-order valence-electron chi connectivity index (χ3n) is 3.10. The zero-order valence-electron chi connectivity index (χ0n) is 12.2. The lowest BCUT2D eigenvalue weighted by molar-refractivity contribution is 0.252. The van der Waals surface area contributed by atoms with Crippen molar-refractivity contribution in [2.24, 2.45) is 5.10 Å². The van der Waals surface area contributed by atoms with E-state index in [2.05, 4.69) is 20.5 Å². The number of H-pyrrole nitrogens is 1. The van der Waals surface area contributed by atoms with Gasteiger partial charge < -0.3 is 4.98 Å². The highest BCUT2D eigenvalue weighted by Gasteiger charge is 2.09. The first kappa shape index (κ1) is 16.0. The van der Waals surface area contributed by atoms with Gasteiger partial charge in [0.15, 0.2) is 5.82 Å². The van der Waals surface area contributed by atoms with Gasteiger partial charge in [-0.3, -0.25) is 5.43 Å². The van der Waals surface area contributed by atoms with E-state index in [-0.39, 0.29) is 5.71 Å². The normalized spacial score (nSPS) is 11.7. The SMILES string of the molecule is N#CC(=NNc1ccc(SC(F)F)cc1)c1nc2ccccc2[nH]1. The van der Waals surface area contributed by atoms with Crippen molar-refractivity contribution in [1.82, 2.24) is 9.97 Å². The van der Waals surface area contributed by atoms with E-state index >= 15 is 0 Å². The highest BCUT2D eigenvalue weighted by molar-refractivity contribution is 7.99. The van der Waals surface area contributed by atoms with Crippen LogP contribution in [0, 0.1) is 11.3 Å². The predicted octanol–water partition coefficient (Wildman–Crippen LogP) is 4.22. The molecule has 24 heavy (non-hydrogen) atoms. The fourth-order valence-corrected chi connectivity index (χ4v) is 2.53. The summed E-state index contributed by atoms with van der Waals surface area (Å²) >= 11 is 0.471. The van der Waals surface area contributed by atoms with Gasteiger partial charge in [-0.25, -0.2) is 4.98 Å². The average molecular weight is 343 g/mol. The van der Waals surface area contributed by atoms with Crippen molar-refractivity contribution in [3.63, 3.8) is 0 Å². The summed E-state index contributed by atoms with van der Waals surface area (Å²) in [5.74, 6) is -2.10. The van der Waals surface area contributed by atoms with E-state index in [1.165, 1.54) is 0 Å². The number of aromatic nitrogens is 2. The van der Waals surface area contributed by atoms with Gasteiger partial charge >= 0.3 is 0 Å². The van der Waals surface area contributed by atoms with Crippen molar-refractivity contribution in [3.05, 3.63) is 54.4 Å². The van der Waals surface area contributed by atoms with Crippen molar-refractivity contribution >= 4 is 34.2 Å². The number of nitrogens with one attached hydrogen (secondary N) is 2. The van der Waals surface area contributed by atoms with Crippen LogP contribution in [0.25, 0.3) is 11.0 Å². The van der Waals surface area contributed by atoms with Gasteiger partial charge in [-0.15, -0.1) is 0 Å². The molecule has 1 heterocycles. The van der Waals surface area contributed by atoms with Crippen molar-refractivity contribution in [2.75, 3.05) is 5.43 Å². The molecule has 0 atom stereocenters. The summed E-state index contributed by atoms with van der Waals surface area (Å²) in [6, 6.07) is 15.7. The Kier molecular flexibility index (Phi) is 4.72. The maximum absolute atomic E-state index is 12.3. The Morgan fingerprint density at radius 2 is 1.96 bits per heavy atom. The van der Waals surface area contributed by atoms with Crippen LogP contribution in [0.5, 0.6) is 0 Å². The Hall–Kier alpha value is -2.92. The van der Waals surface area contributed by atoms with E-state index in [1.54, 1.807) is 24.3 Å². The average Bonchev–Trinajstić information content (AvgIpc) is 3.00. The third kappa shape index (κ3) is 3.70. The largest absolute Gasteiger partial charge is 0.336 e. The number of aromatic amines is 1. The molecule has 0 aliphatic rings. The minimum atomic E-state index is -2.46. The van der Waals surface area contributed by atoms with E-state index in [0.29, 0.717) is 28.2 Å². The first-order valence-corrected chi connectivity index (χ1v) is 7.77. The lowest BCUT2D eigenvalue weighted by Gasteiger charge is -2.03. The number of hydrazone groups is 1. The van der Waals surface area contributed by atoms with Gasteiger partial charge in [0.2, 0.25) is 5.71 Å². The molecule has 2 N–H and O–H groups in total. The number of imidazole rings is 1. The molecule has 0 bridgehead atoms. The molecule has 0 aliphatic heterocycles. The van der Waals surface area contributed by atoms with E-state index < -0.39 is 5.76 Å². The number of nitrogens with zero attached hydrogens (tertiary/aromatic N) is 3. The van der Waals surface area contributed by atoms with Gasteiger partial charge in [0.25, 0.3) is 5.76 Å². The van der Waals surface area contributed by atoms with Gasteiger partial charge in [-0.2, -0.15) is 19.1 Å². The van der Waals surface area contributed by atoms with Crippen LogP contribution < -0.4 is 5.43 Å². The van der Waals surface area contributed by atoms with Crippen molar-refractivity contribution in [3.8, 4) is 6.07 Å². The summed E-state index contributed by atoms with van der Waals surface area (Å²) in [6.45, 7) is 0. The number of hydrogen-bond donors (Lipinski definition) is 2. The number of fused-ring (bicyclic) bond motifs is 1. The number of thioether (sulfide) groups is 1. The lowest BCUT2D eigenvalue weighted by atomic mass is 10.3. The second kappa shape index (κ2) is 7.10. The molecule has 3 aromatic rings. The van der Waals surface area contributed by atoms with Crippen LogP contribution in [0.1, 0.15) is 5.82 Å². The highest BCUT2D eigenvalue weighted by atomic mass is 32.2. The number of rotatable bonds is 5. The number of alkyl halides is 2. The van der Waals surface area contributed by atoms with Crippen LogP contribution in [-0.4, -0.2) is 21.4 Å². The first-order valence-electron chi connectivity index (χ1n) is 6.89. The molecule has 120 valence electrons. The number of hydrogen-bond acceptors (Lipinski definition) is 5. The fourth-order valence-electron chi connectivity index (χ4n) is 2.03. The van der Waals surface area contributed by atoms with Gasteiger partial charge in [0, 0.05) is 4.90 Å². The monoisotopic (exact) mass is 343 g/mol. The zero-order valence-corrected chi connectivity index (χ0v) is 13.0. The molecular formula is C16H11F2N5S. The Morgan fingerprint density at radius 1 is 1.21 bits per heavy atom. The Bertz CT molecular complexity index is 879. The van der Waals surface area contributed by atoms with Crippen LogP contribution in [0.2, 0.25) is 0 Å². The molecule has 0 radical (unpaired) electrons. The molecule has 1 aromatic heterocycles. The second-order valence-corrected chi connectivity index (χ2v) is 5.75.